The first-order chi connectivity index (χ1) is 44.9. The number of carbonyl (C=O) groups excluding carboxylic acids is 1. The van der Waals surface area contributed by atoms with E-state index in [4.69, 9.17) is 4.74 Å². The van der Waals surface area contributed by atoms with Gasteiger partial charge in [0.05, 0.1) is 28.0 Å². The van der Waals surface area contributed by atoms with E-state index >= 15 is 0 Å². The van der Waals surface area contributed by atoms with Crippen molar-refractivity contribution in [2.24, 2.45) is 121 Å². The van der Waals surface area contributed by atoms with Gasteiger partial charge in [0.25, 0.3) is 0 Å². The Labute approximate surface area is 627 Å². The maximum absolute atomic E-state index is 11.5. The molecular formula is C88H147BrMgO8. The average molecular weight is 1440 g/mol. The van der Waals surface area contributed by atoms with Crippen LogP contribution in [0.25, 0.3) is 0 Å². The van der Waals surface area contributed by atoms with Crippen molar-refractivity contribution in [3.63, 3.8) is 0 Å². The monoisotopic (exact) mass is 1440 g/mol. The van der Waals surface area contributed by atoms with Gasteiger partial charge >= 0.3 is 23.1 Å². The first-order valence-corrected chi connectivity index (χ1v) is 40.3. The summed E-state index contributed by atoms with van der Waals surface area (Å²) in [6.45, 7) is 47.1. The van der Waals surface area contributed by atoms with Gasteiger partial charge < -0.3 is 63.7 Å². The van der Waals surface area contributed by atoms with Crippen molar-refractivity contribution < 1.29 is 57.2 Å². The van der Waals surface area contributed by atoms with Crippen molar-refractivity contribution in [3.8, 4) is 0 Å². The Balaban J connectivity index is 0.000000195. The third-order valence-electron chi connectivity index (χ3n) is 32.5. The van der Waals surface area contributed by atoms with E-state index < -0.39 is 28.0 Å². The molecule has 0 amide bonds. The predicted molar refractivity (Wildman–Crippen MR) is 402 cm³/mol. The molecule has 9 saturated carbocycles. The maximum Gasteiger partial charge on any atom is 2.00 e. The van der Waals surface area contributed by atoms with Gasteiger partial charge in [-0.15, -0.1) is 6.58 Å². The van der Waals surface area contributed by atoms with Crippen molar-refractivity contribution in [1.82, 2.24) is 0 Å². The van der Waals surface area contributed by atoms with E-state index in [9.17, 15) is 35.4 Å². The standard InChI is InChI=1S/C28H48O3.C28H46O2.C26H42O2.C4H8O.C2H3.BrH.Mg/c1-19(10-12-25(2,30)16-17-29)22-8-9-23-21-7-6-20-18-26(3,31)14-15-27(20,4)24(21)11-13-28(22,23)5;1-7-25(3,29)14-12-19(2)22-10-11-23-21-9-8-20-18-26(4,30)16-17-27(20,5)24(21)13-15-28(22,23)6;1-17(6-7-18(2)27)21-10-11-22-20-9-8-19-16-24(3,28)14-15-25(19,4)23(20)12-13-26(21,22)5;1-2-4-5-3-1;1-2;;/h6,19,21-24,29-31H,7-18H2,1-5H3;7-8,19,21-24,29-30H,1,9-18H2,2-6H3;8,17,20-23,28H,6-7,9-16H2,1-5H3;1-4H2;1H,2H2;1H;/q;;;;-1;;+2/p-1/t2*19-,21+,22-,23+,24+,25?,26+,27+,28-;17-,20+,21-,22+,23+,24+,25+,26-;;;;/m111..../s1. The summed E-state index contributed by atoms with van der Waals surface area (Å²) in [5.41, 5.74) is 4.04. The molecule has 98 heavy (non-hydrogen) atoms. The molecule has 0 aromatic rings. The van der Waals surface area contributed by atoms with Crippen LogP contribution in [0.1, 0.15) is 316 Å². The minimum atomic E-state index is -0.735. The van der Waals surface area contributed by atoms with Crippen LogP contribution in [0.4, 0.5) is 0 Å². The summed E-state index contributed by atoms with van der Waals surface area (Å²) in [4.78, 5) is 11.5. The molecule has 12 aliphatic carbocycles. The quantitative estimate of drug-likeness (QED) is 0.0540. The number of allylic oxidation sites excluding steroid dienone is 3. The fraction of sp³-hybridized carbons (Fsp3) is 0.875. The van der Waals surface area contributed by atoms with Crippen molar-refractivity contribution in [2.45, 2.75) is 344 Å². The minimum absolute atomic E-state index is 0. The zero-order valence-corrected chi connectivity index (χ0v) is 68.5. The van der Waals surface area contributed by atoms with Gasteiger partial charge in [-0.2, -0.15) is 0 Å². The summed E-state index contributed by atoms with van der Waals surface area (Å²) in [5, 5.41) is 62.2. The molecule has 1 aliphatic heterocycles. The predicted octanol–water partition coefficient (Wildman–Crippen LogP) is 16.9. The first kappa shape index (κ1) is 84.6. The van der Waals surface area contributed by atoms with Gasteiger partial charge in [-0.3, -0.25) is 6.58 Å². The summed E-state index contributed by atoms with van der Waals surface area (Å²) < 4.78 is 4.94. The van der Waals surface area contributed by atoms with E-state index in [0.717, 1.165) is 181 Å². The largest absolute Gasteiger partial charge is 2.00 e. The van der Waals surface area contributed by atoms with Gasteiger partial charge in [0, 0.05) is 26.2 Å². The molecule has 0 aromatic heterocycles. The molecular weight excluding hydrogens is 1290 g/mol. The minimum Gasteiger partial charge on any atom is -1.00 e. The average Bonchev–Trinajstić information content (AvgIpc) is 1.50. The molecule has 13 rings (SSSR count). The van der Waals surface area contributed by atoms with E-state index in [-0.39, 0.29) is 46.6 Å². The molecule has 2 unspecified atom stereocenters. The van der Waals surface area contributed by atoms with Crippen LogP contribution in [0.5, 0.6) is 0 Å². The Morgan fingerprint density at radius 2 is 0.857 bits per heavy atom. The summed E-state index contributed by atoms with van der Waals surface area (Å²) in [6.07, 6.45) is 47.0. The number of rotatable bonds is 15. The topological polar surface area (TPSA) is 148 Å². The van der Waals surface area contributed by atoms with Crippen molar-refractivity contribution >= 4 is 28.8 Å². The van der Waals surface area contributed by atoms with Crippen LogP contribution >= 0.6 is 0 Å². The fourth-order valence-corrected chi connectivity index (χ4v) is 26.4. The first-order valence-electron chi connectivity index (χ1n) is 40.3. The molecule has 0 aromatic carbocycles. The molecule has 0 radical (unpaired) electrons. The zero-order valence-electron chi connectivity index (χ0n) is 65.5. The zero-order chi connectivity index (χ0) is 70.5. The van der Waals surface area contributed by atoms with Gasteiger partial charge in [-0.05, 0) is 368 Å². The number of hydrogen-bond acceptors (Lipinski definition) is 8. The fourth-order valence-electron chi connectivity index (χ4n) is 26.4. The molecule has 0 bridgehead atoms. The van der Waals surface area contributed by atoms with Gasteiger partial charge in [-0.1, -0.05) is 103 Å². The van der Waals surface area contributed by atoms with Gasteiger partial charge in [0.1, 0.15) is 5.78 Å². The Morgan fingerprint density at radius 3 is 1.15 bits per heavy atom. The van der Waals surface area contributed by atoms with E-state index in [1.807, 2.05) is 34.6 Å². The number of ether oxygens (including phenoxy) is 1. The molecule has 13 aliphatic rings. The third kappa shape index (κ3) is 17.5. The normalized spacial score (nSPS) is 45.1. The number of aliphatic hydroxyl groups excluding tert-OH is 1. The molecule has 1 heterocycles. The van der Waals surface area contributed by atoms with Crippen LogP contribution in [0.15, 0.2) is 54.2 Å². The van der Waals surface area contributed by atoms with Crippen LogP contribution in [-0.4, -0.2) is 107 Å². The Kier molecular flexibility index (Phi) is 28.3. The van der Waals surface area contributed by atoms with E-state index in [1.54, 1.807) is 29.7 Å². The molecule has 556 valence electrons. The second-order valence-corrected chi connectivity index (χ2v) is 39.1. The second-order valence-electron chi connectivity index (χ2n) is 39.1. The van der Waals surface area contributed by atoms with Crippen LogP contribution < -0.4 is 17.0 Å². The molecule has 10 heteroatoms. The summed E-state index contributed by atoms with van der Waals surface area (Å²) in [6, 6.07) is 0. The summed E-state index contributed by atoms with van der Waals surface area (Å²) in [7, 11) is 0. The van der Waals surface area contributed by atoms with Crippen LogP contribution in [0.3, 0.4) is 0 Å². The number of Topliss-reactive ketones (excluding diaryl/α,β-unsaturated/α-hetero) is 1. The number of hydrogen-bond donors (Lipinski definition) is 6. The second kappa shape index (κ2) is 32.8. The van der Waals surface area contributed by atoms with E-state index in [1.165, 1.54) is 109 Å². The number of carbonyl (C=O) groups is 1. The molecule has 0 spiro atoms. The molecule has 8 nitrogen and oxygen atoms in total. The van der Waals surface area contributed by atoms with Crippen LogP contribution in [-0.2, 0) is 9.53 Å². The SMILES string of the molecule is C1CCOC1.C=CC(C)(O)CC[C@@H](C)[C@H]1CC[C@H]2[C@@H]3CC=C4C[C@@](C)(O)CC[C@]4(C)[C@H]3CC[C@]12C.CC(=O)CC[C@@H](C)[C@H]1CC[C@H]2[C@@H]3CC=C4C[C@@](C)(O)CC[C@]4(C)[C@H]3CC[C@]12C.C[C@H](CCC(C)(O)CCO)[C@H]1CC[C@H]2[C@@H]3CC=C4C[C@@](C)(O)CC[C@]4(C)[C@H]3CC[C@]12C.[Br-].[CH-]=C.[Mg+2]. The maximum atomic E-state index is 11.5. The number of halogens is 1. The van der Waals surface area contributed by atoms with Crippen molar-refractivity contribution in [3.05, 3.63) is 60.8 Å². The van der Waals surface area contributed by atoms with Crippen LogP contribution in [0.2, 0.25) is 0 Å². The summed E-state index contributed by atoms with van der Waals surface area (Å²) in [5.74, 6) is 12.1. The summed E-state index contributed by atoms with van der Waals surface area (Å²) >= 11 is 0. The number of fused-ring (bicyclic) bond motifs is 15. The Bertz CT molecular complexity index is 2730. The third-order valence-corrected chi connectivity index (χ3v) is 32.5. The van der Waals surface area contributed by atoms with E-state index in [2.05, 4.69) is 100 Å². The number of aliphatic hydroxyl groups is 6. The number of ketones is 1. The van der Waals surface area contributed by atoms with Crippen molar-refractivity contribution in [2.75, 3.05) is 19.8 Å². The Hall–Kier alpha value is -0.664. The van der Waals surface area contributed by atoms with Gasteiger partial charge in [-0.25, -0.2) is 0 Å². The molecule has 6 N–H and O–H groups in total. The van der Waals surface area contributed by atoms with E-state index in [0.29, 0.717) is 62.4 Å². The molecule has 10 fully saturated rings. The van der Waals surface area contributed by atoms with Gasteiger partial charge in [0.2, 0.25) is 0 Å². The molecule has 1 saturated heterocycles. The smallest absolute Gasteiger partial charge is 1.00 e. The van der Waals surface area contributed by atoms with Crippen molar-refractivity contribution in [1.29, 1.82) is 0 Å². The van der Waals surface area contributed by atoms with Gasteiger partial charge in [0.15, 0.2) is 0 Å². The Morgan fingerprint density at radius 1 is 0.531 bits per heavy atom. The van der Waals surface area contributed by atoms with Crippen LogP contribution in [0, 0.1) is 128 Å². The molecule has 26 atom stereocenters.